The van der Waals surface area contributed by atoms with Crippen molar-refractivity contribution in [3.63, 3.8) is 0 Å². The number of aromatic amines is 1. The number of hydrogen-bond acceptors (Lipinski definition) is 5. The van der Waals surface area contributed by atoms with Crippen LogP contribution in [0.5, 0.6) is 0 Å². The van der Waals surface area contributed by atoms with Crippen LogP contribution in [0.4, 0.5) is 4.79 Å². The van der Waals surface area contributed by atoms with Gasteiger partial charge in [0.25, 0.3) is 0 Å². The summed E-state index contributed by atoms with van der Waals surface area (Å²) in [5, 5.41) is 12.1. The molecule has 0 unspecified atom stereocenters. The molecule has 0 spiro atoms. The molecular formula is C13H14N2O5. The number of Topliss-reactive ketones (excluding diaryl/α,β-unsaturated/α-hetero) is 1. The van der Waals surface area contributed by atoms with E-state index in [0.717, 1.165) is 6.08 Å². The van der Waals surface area contributed by atoms with Gasteiger partial charge in [0.05, 0.1) is 17.9 Å². The minimum Gasteiger partial charge on any atom is -0.506 e. The first-order valence-electron chi connectivity index (χ1n) is 6.15. The summed E-state index contributed by atoms with van der Waals surface area (Å²) in [6.07, 6.45) is 2.23. The lowest BCUT2D eigenvalue weighted by molar-refractivity contribution is -0.111. The first kappa shape index (κ1) is 13.9. The number of carbonyl (C=O) groups is 3. The number of aromatic nitrogens is 1. The average molecular weight is 278 g/mol. The molecule has 0 radical (unpaired) electrons. The number of allylic oxidation sites excluding steroid dienone is 1. The number of aliphatic hydroxyl groups is 1. The molecule has 0 saturated heterocycles. The second-order valence-electron chi connectivity index (χ2n) is 4.18. The van der Waals surface area contributed by atoms with E-state index < -0.39 is 17.7 Å². The predicted octanol–water partition coefficient (Wildman–Crippen LogP) is 0.968. The molecule has 1 aliphatic carbocycles. The Kier molecular flexibility index (Phi) is 3.88. The van der Waals surface area contributed by atoms with Gasteiger partial charge < -0.3 is 20.1 Å². The molecule has 1 amide bonds. The third kappa shape index (κ3) is 2.56. The second kappa shape index (κ2) is 5.60. The number of hydrogen-bond donors (Lipinski definition) is 3. The zero-order valence-electron chi connectivity index (χ0n) is 10.9. The number of ketones is 2. The van der Waals surface area contributed by atoms with E-state index in [-0.39, 0.29) is 30.2 Å². The highest BCUT2D eigenvalue weighted by Gasteiger charge is 2.29. The predicted molar refractivity (Wildman–Crippen MR) is 69.5 cm³/mol. The number of amides is 1. The van der Waals surface area contributed by atoms with Crippen LogP contribution in [0.25, 0.3) is 5.76 Å². The third-order valence-corrected chi connectivity index (χ3v) is 2.88. The van der Waals surface area contributed by atoms with Crippen LogP contribution in [-0.2, 0) is 16.0 Å². The van der Waals surface area contributed by atoms with Crippen molar-refractivity contribution in [1.29, 1.82) is 0 Å². The van der Waals surface area contributed by atoms with E-state index >= 15 is 0 Å². The van der Waals surface area contributed by atoms with Crippen molar-refractivity contribution in [1.82, 2.24) is 10.3 Å². The van der Waals surface area contributed by atoms with Crippen LogP contribution in [0.2, 0.25) is 0 Å². The molecule has 3 N–H and O–H groups in total. The van der Waals surface area contributed by atoms with Gasteiger partial charge in [0, 0.05) is 18.8 Å². The summed E-state index contributed by atoms with van der Waals surface area (Å²) < 4.78 is 4.70. The zero-order chi connectivity index (χ0) is 14.7. The van der Waals surface area contributed by atoms with E-state index in [1.807, 2.05) is 0 Å². The normalized spacial score (nSPS) is 13.8. The van der Waals surface area contributed by atoms with Gasteiger partial charge in [-0.05, 0) is 18.9 Å². The van der Waals surface area contributed by atoms with Crippen LogP contribution >= 0.6 is 0 Å². The van der Waals surface area contributed by atoms with Crippen molar-refractivity contribution in [2.75, 3.05) is 13.2 Å². The molecule has 1 aromatic heterocycles. The van der Waals surface area contributed by atoms with Crippen LogP contribution < -0.4 is 5.32 Å². The molecule has 0 atom stereocenters. The topological polar surface area (TPSA) is 108 Å². The van der Waals surface area contributed by atoms with E-state index in [9.17, 15) is 19.5 Å². The number of rotatable bonds is 4. The van der Waals surface area contributed by atoms with Gasteiger partial charge in [-0.1, -0.05) is 0 Å². The smallest absolute Gasteiger partial charge is 0.407 e. The van der Waals surface area contributed by atoms with E-state index in [1.165, 1.54) is 6.20 Å². The van der Waals surface area contributed by atoms with Crippen molar-refractivity contribution in [3.8, 4) is 0 Å². The fourth-order valence-corrected chi connectivity index (χ4v) is 1.99. The molecule has 1 aliphatic rings. The van der Waals surface area contributed by atoms with E-state index in [0.29, 0.717) is 12.0 Å². The number of aliphatic hydroxyl groups excluding tert-OH is 1. The number of fused-ring (bicyclic) bond motifs is 1. The second-order valence-corrected chi connectivity index (χ2v) is 4.18. The minimum atomic E-state index is -0.755. The molecule has 0 fully saturated rings. The summed E-state index contributed by atoms with van der Waals surface area (Å²) in [6.45, 7) is 2.23. The Bertz CT molecular complexity index is 600. The molecule has 106 valence electrons. The van der Waals surface area contributed by atoms with Crippen molar-refractivity contribution in [3.05, 3.63) is 29.1 Å². The lowest BCUT2D eigenvalue weighted by Gasteiger charge is -2.09. The molecule has 7 nitrogen and oxygen atoms in total. The van der Waals surface area contributed by atoms with Gasteiger partial charge in [0.15, 0.2) is 0 Å². The maximum absolute atomic E-state index is 11.8. The summed E-state index contributed by atoms with van der Waals surface area (Å²) in [6, 6.07) is 0. The summed E-state index contributed by atoms with van der Waals surface area (Å²) >= 11 is 0. The van der Waals surface area contributed by atoms with Crippen molar-refractivity contribution in [2.24, 2.45) is 0 Å². The van der Waals surface area contributed by atoms with Crippen molar-refractivity contribution >= 4 is 23.4 Å². The number of ether oxygens (including phenoxy) is 1. The highest BCUT2D eigenvalue weighted by molar-refractivity contribution is 6.50. The third-order valence-electron chi connectivity index (χ3n) is 2.88. The molecule has 20 heavy (non-hydrogen) atoms. The quantitative estimate of drug-likeness (QED) is 0.711. The van der Waals surface area contributed by atoms with Crippen LogP contribution in [-0.4, -0.2) is 40.9 Å². The fourth-order valence-electron chi connectivity index (χ4n) is 1.99. The van der Waals surface area contributed by atoms with Gasteiger partial charge in [0.1, 0.15) is 5.76 Å². The van der Waals surface area contributed by atoms with Gasteiger partial charge in [-0.25, -0.2) is 4.79 Å². The number of carbonyl (C=O) groups excluding carboxylic acids is 3. The average Bonchev–Trinajstić information content (AvgIpc) is 2.81. The molecule has 2 rings (SSSR count). The van der Waals surface area contributed by atoms with E-state index in [2.05, 4.69) is 10.3 Å². The standard InChI is InChI=1S/C13H14N2O5/c1-2-20-13(19)14-4-3-7-6-15-11-8(16)5-9(17)12(18)10(7)11/h5-6,15-16H,2-4H2,1H3,(H,14,19). The monoisotopic (exact) mass is 278 g/mol. The fraction of sp³-hybridized carbons (Fsp3) is 0.308. The molecular weight excluding hydrogens is 264 g/mol. The first-order valence-corrected chi connectivity index (χ1v) is 6.15. The van der Waals surface area contributed by atoms with Crippen LogP contribution in [0.3, 0.4) is 0 Å². The first-order chi connectivity index (χ1) is 9.54. The van der Waals surface area contributed by atoms with Crippen LogP contribution in [0.15, 0.2) is 12.3 Å². The zero-order valence-corrected chi connectivity index (χ0v) is 10.9. The molecule has 1 aromatic rings. The number of H-pyrrole nitrogens is 1. The van der Waals surface area contributed by atoms with E-state index in [1.54, 1.807) is 6.92 Å². The van der Waals surface area contributed by atoms with Gasteiger partial charge in [-0.3, -0.25) is 9.59 Å². The molecule has 1 heterocycles. The molecule has 0 aliphatic heterocycles. The number of nitrogens with one attached hydrogen (secondary N) is 2. The molecule has 0 saturated carbocycles. The van der Waals surface area contributed by atoms with Gasteiger partial charge >= 0.3 is 6.09 Å². The maximum atomic E-state index is 11.8. The SMILES string of the molecule is CCOC(=O)NCCc1c[nH]c2c1C(=O)C(=O)C=C2O. The summed E-state index contributed by atoms with van der Waals surface area (Å²) in [5.41, 5.74) is 0.969. The summed E-state index contributed by atoms with van der Waals surface area (Å²) in [7, 11) is 0. The largest absolute Gasteiger partial charge is 0.506 e. The molecule has 0 bridgehead atoms. The Labute approximate surface area is 114 Å². The Balaban J connectivity index is 2.09. The Morgan fingerprint density at radius 1 is 1.45 bits per heavy atom. The summed E-state index contributed by atoms with van der Waals surface area (Å²) in [4.78, 5) is 37.1. The van der Waals surface area contributed by atoms with Crippen molar-refractivity contribution in [2.45, 2.75) is 13.3 Å². The van der Waals surface area contributed by atoms with Gasteiger partial charge in [-0.2, -0.15) is 0 Å². The minimum absolute atomic E-state index is 0.167. The molecule has 7 heteroatoms. The highest BCUT2D eigenvalue weighted by atomic mass is 16.5. The van der Waals surface area contributed by atoms with Crippen LogP contribution in [0, 0.1) is 0 Å². The van der Waals surface area contributed by atoms with Gasteiger partial charge in [0.2, 0.25) is 11.6 Å². The molecule has 0 aromatic carbocycles. The lowest BCUT2D eigenvalue weighted by Crippen LogP contribution is -2.27. The number of alkyl carbamates (subject to hydrolysis) is 1. The van der Waals surface area contributed by atoms with E-state index in [4.69, 9.17) is 4.74 Å². The highest BCUT2D eigenvalue weighted by Crippen LogP contribution is 2.25. The Morgan fingerprint density at radius 3 is 2.90 bits per heavy atom. The Morgan fingerprint density at radius 2 is 2.20 bits per heavy atom. The van der Waals surface area contributed by atoms with Crippen molar-refractivity contribution < 1.29 is 24.2 Å². The maximum Gasteiger partial charge on any atom is 0.407 e. The summed E-state index contributed by atoms with van der Waals surface area (Å²) in [5.74, 6) is -1.67. The van der Waals surface area contributed by atoms with Crippen LogP contribution in [0.1, 0.15) is 28.5 Å². The lowest BCUT2D eigenvalue weighted by atomic mass is 9.95. The van der Waals surface area contributed by atoms with Gasteiger partial charge in [-0.15, -0.1) is 0 Å². The Hall–Kier alpha value is -2.57.